The molecule has 0 aliphatic carbocycles. The molecule has 0 saturated carbocycles. The molecule has 3 aromatic rings. The highest BCUT2D eigenvalue weighted by Crippen LogP contribution is 2.33. The lowest BCUT2D eigenvalue weighted by molar-refractivity contribution is -0.143. The van der Waals surface area contributed by atoms with Gasteiger partial charge in [0, 0.05) is 19.2 Å². The van der Waals surface area contributed by atoms with E-state index in [9.17, 15) is 14.4 Å². The monoisotopic (exact) mass is 409 g/mol. The second kappa shape index (κ2) is 8.86. The second-order valence-electron chi connectivity index (χ2n) is 6.77. The van der Waals surface area contributed by atoms with Crippen LogP contribution in [0.15, 0.2) is 30.3 Å². The number of esters is 1. The molecule has 3 rings (SSSR count). The molecule has 0 fully saturated rings. The van der Waals surface area contributed by atoms with E-state index in [1.54, 1.807) is 6.92 Å². The van der Waals surface area contributed by atoms with Gasteiger partial charge < -0.3 is 14.0 Å². The molecular weight excluding hydrogens is 386 g/mol. The topological polar surface area (TPSA) is 100 Å². The zero-order chi connectivity index (χ0) is 21.8. The Morgan fingerprint density at radius 2 is 1.80 bits per heavy atom. The Morgan fingerprint density at radius 1 is 1.10 bits per heavy atom. The van der Waals surface area contributed by atoms with Crippen molar-refractivity contribution in [2.24, 2.45) is 0 Å². The molecule has 0 spiro atoms. The molecule has 0 aliphatic heterocycles. The average Bonchev–Trinajstić information content (AvgIpc) is 3.04. The Hall–Kier alpha value is -3.55. The second-order valence-corrected chi connectivity index (χ2v) is 6.77. The maximum absolute atomic E-state index is 12.9. The van der Waals surface area contributed by atoms with Crippen LogP contribution in [-0.2, 0) is 27.3 Å². The number of aryl methyl sites for hydroxylation is 1. The van der Waals surface area contributed by atoms with Crippen molar-refractivity contribution < 1.29 is 23.9 Å². The van der Waals surface area contributed by atoms with E-state index in [1.165, 1.54) is 14.0 Å². The van der Waals surface area contributed by atoms with Gasteiger partial charge in [-0.2, -0.15) is 4.98 Å². The van der Waals surface area contributed by atoms with Crippen molar-refractivity contribution in [3.8, 4) is 5.88 Å². The van der Waals surface area contributed by atoms with Crippen LogP contribution in [0.25, 0.3) is 11.0 Å². The number of nitrogens with zero attached hydrogens (tertiary/aromatic N) is 3. The number of fused-ring (bicyclic) bond motifs is 1. The Labute approximate surface area is 173 Å². The minimum atomic E-state index is -0.640. The molecule has 8 heteroatoms. The van der Waals surface area contributed by atoms with E-state index in [1.807, 2.05) is 41.8 Å². The molecule has 0 N–H and O–H groups in total. The summed E-state index contributed by atoms with van der Waals surface area (Å²) >= 11 is 0. The molecule has 156 valence electrons. The predicted octanol–water partition coefficient (Wildman–Crippen LogP) is 2.67. The van der Waals surface area contributed by atoms with Gasteiger partial charge in [0.05, 0.1) is 18.1 Å². The molecule has 0 unspecified atom stereocenters. The van der Waals surface area contributed by atoms with Crippen LogP contribution in [0.5, 0.6) is 5.88 Å². The summed E-state index contributed by atoms with van der Waals surface area (Å²) in [5.41, 5.74) is 2.37. The number of benzene rings is 1. The van der Waals surface area contributed by atoms with Gasteiger partial charge in [0.1, 0.15) is 11.5 Å². The fourth-order valence-corrected chi connectivity index (χ4v) is 3.37. The number of hydrogen-bond acceptors (Lipinski definition) is 7. The van der Waals surface area contributed by atoms with E-state index in [0.29, 0.717) is 35.5 Å². The number of Topliss-reactive ketones (excluding diaryl/α,β-unsaturated/α-hetero) is 2. The molecule has 2 heterocycles. The molecule has 0 bridgehead atoms. The summed E-state index contributed by atoms with van der Waals surface area (Å²) in [7, 11) is 1.25. The highest BCUT2D eigenvalue weighted by atomic mass is 16.6. The van der Waals surface area contributed by atoms with Crippen LogP contribution in [-0.4, -0.2) is 45.8 Å². The third kappa shape index (κ3) is 4.07. The highest BCUT2D eigenvalue weighted by Gasteiger charge is 2.29. The van der Waals surface area contributed by atoms with Crippen molar-refractivity contribution >= 4 is 28.6 Å². The van der Waals surface area contributed by atoms with Crippen molar-refractivity contribution in [3.05, 3.63) is 53.0 Å². The van der Waals surface area contributed by atoms with E-state index < -0.39 is 17.5 Å². The number of carbonyl (C=O) groups is 3. The van der Waals surface area contributed by atoms with Gasteiger partial charge in [-0.1, -0.05) is 37.3 Å². The van der Waals surface area contributed by atoms with E-state index >= 15 is 0 Å². The van der Waals surface area contributed by atoms with Crippen LogP contribution < -0.4 is 4.74 Å². The molecule has 2 aromatic heterocycles. The lowest BCUT2D eigenvalue weighted by atomic mass is 10.0. The van der Waals surface area contributed by atoms with Gasteiger partial charge in [-0.3, -0.25) is 9.59 Å². The highest BCUT2D eigenvalue weighted by molar-refractivity contribution is 6.45. The Bertz CT molecular complexity index is 1120. The van der Waals surface area contributed by atoms with Crippen LogP contribution in [0, 0.1) is 6.92 Å². The van der Waals surface area contributed by atoms with Gasteiger partial charge in [-0.05, 0) is 18.9 Å². The standard InChI is InChI=1S/C22H23N3O5/c1-5-16-18(20(28)13(2)26)19-21(25(16)11-15-9-7-6-8-10-15)23-14(3)24-22(19)30-12-17(27)29-4/h6-10H,5,11-12H2,1-4H3. The smallest absolute Gasteiger partial charge is 0.343 e. The first-order valence-corrected chi connectivity index (χ1v) is 9.55. The lowest BCUT2D eigenvalue weighted by Gasteiger charge is -2.10. The summed E-state index contributed by atoms with van der Waals surface area (Å²) in [6.07, 6.45) is 0.493. The van der Waals surface area contributed by atoms with E-state index in [-0.39, 0.29) is 18.1 Å². The summed E-state index contributed by atoms with van der Waals surface area (Å²) in [5.74, 6) is -1.33. The molecule has 0 aliphatic rings. The maximum atomic E-state index is 12.9. The van der Waals surface area contributed by atoms with Crippen LogP contribution in [0.2, 0.25) is 0 Å². The number of ketones is 2. The largest absolute Gasteiger partial charge is 0.466 e. The third-order valence-electron chi connectivity index (χ3n) is 4.71. The first-order chi connectivity index (χ1) is 14.4. The fourth-order valence-electron chi connectivity index (χ4n) is 3.37. The zero-order valence-corrected chi connectivity index (χ0v) is 17.4. The normalized spacial score (nSPS) is 10.8. The van der Waals surface area contributed by atoms with Gasteiger partial charge >= 0.3 is 5.97 Å². The average molecular weight is 409 g/mol. The summed E-state index contributed by atoms with van der Waals surface area (Å²) in [6.45, 7) is 4.91. The number of carbonyl (C=O) groups excluding carboxylic acids is 3. The maximum Gasteiger partial charge on any atom is 0.343 e. The first kappa shape index (κ1) is 21.2. The molecule has 0 amide bonds. The molecule has 30 heavy (non-hydrogen) atoms. The summed E-state index contributed by atoms with van der Waals surface area (Å²) < 4.78 is 12.1. The van der Waals surface area contributed by atoms with Gasteiger partial charge in [0.15, 0.2) is 12.4 Å². The van der Waals surface area contributed by atoms with E-state index in [2.05, 4.69) is 14.7 Å². The summed E-state index contributed by atoms with van der Waals surface area (Å²) in [5, 5.41) is 0.331. The molecule has 0 radical (unpaired) electrons. The van der Waals surface area contributed by atoms with E-state index in [4.69, 9.17) is 4.74 Å². The Morgan fingerprint density at radius 3 is 2.40 bits per heavy atom. The summed E-state index contributed by atoms with van der Waals surface area (Å²) in [6, 6.07) is 9.73. The van der Waals surface area contributed by atoms with Gasteiger partial charge in [0.2, 0.25) is 11.7 Å². The molecule has 0 atom stereocenters. The number of rotatable bonds is 8. The molecule has 8 nitrogen and oxygen atoms in total. The molecular formula is C22H23N3O5. The minimum Gasteiger partial charge on any atom is -0.466 e. The van der Waals surface area contributed by atoms with Crippen molar-refractivity contribution in [1.29, 1.82) is 0 Å². The fraction of sp³-hybridized carbons (Fsp3) is 0.318. The van der Waals surface area contributed by atoms with E-state index in [0.717, 1.165) is 5.56 Å². The van der Waals surface area contributed by atoms with Crippen LogP contribution >= 0.6 is 0 Å². The first-order valence-electron chi connectivity index (χ1n) is 9.55. The number of ether oxygens (including phenoxy) is 2. The predicted molar refractivity (Wildman–Crippen MR) is 110 cm³/mol. The van der Waals surface area contributed by atoms with Crippen LogP contribution in [0.1, 0.15) is 41.3 Å². The van der Waals surface area contributed by atoms with Crippen molar-refractivity contribution in [2.75, 3.05) is 13.7 Å². The van der Waals surface area contributed by atoms with Gasteiger partial charge in [-0.15, -0.1) is 0 Å². The van der Waals surface area contributed by atoms with Crippen molar-refractivity contribution in [1.82, 2.24) is 14.5 Å². The third-order valence-corrected chi connectivity index (χ3v) is 4.71. The van der Waals surface area contributed by atoms with Crippen molar-refractivity contribution in [3.63, 3.8) is 0 Å². The van der Waals surface area contributed by atoms with Gasteiger partial charge in [-0.25, -0.2) is 9.78 Å². The summed E-state index contributed by atoms with van der Waals surface area (Å²) in [4.78, 5) is 45.3. The van der Waals surface area contributed by atoms with Crippen LogP contribution in [0.4, 0.5) is 0 Å². The van der Waals surface area contributed by atoms with Gasteiger partial charge in [0.25, 0.3) is 0 Å². The van der Waals surface area contributed by atoms with Crippen LogP contribution in [0.3, 0.4) is 0 Å². The SMILES string of the molecule is CCc1c(C(=O)C(C)=O)c2c(OCC(=O)OC)nc(C)nc2n1Cc1ccccc1. The number of hydrogen-bond donors (Lipinski definition) is 0. The quantitative estimate of drug-likeness (QED) is 0.320. The minimum absolute atomic E-state index is 0.0778. The van der Waals surface area contributed by atoms with Crippen molar-refractivity contribution in [2.45, 2.75) is 33.7 Å². The number of aromatic nitrogens is 3. The Balaban J connectivity index is 2.29. The number of methoxy groups -OCH3 is 1. The Kier molecular flexibility index (Phi) is 6.25. The zero-order valence-electron chi connectivity index (χ0n) is 17.4. The molecule has 1 aromatic carbocycles. The molecule has 0 saturated heterocycles. The lowest BCUT2D eigenvalue weighted by Crippen LogP contribution is -2.15.